The average Bonchev–Trinajstić information content (AvgIpc) is 2.41. The van der Waals surface area contributed by atoms with Gasteiger partial charge >= 0.3 is 12.3 Å². The Morgan fingerprint density at radius 3 is 2.38 bits per heavy atom. The molecule has 0 saturated carbocycles. The van der Waals surface area contributed by atoms with Gasteiger partial charge < -0.3 is 20.3 Å². The first-order chi connectivity index (χ1) is 10.8. The smallest absolute Gasteiger partial charge is 0.416 e. The van der Waals surface area contributed by atoms with Crippen LogP contribution in [0.1, 0.15) is 38.0 Å². The van der Waals surface area contributed by atoms with Gasteiger partial charge in [0.05, 0.1) is 5.56 Å². The van der Waals surface area contributed by atoms with Gasteiger partial charge in [0.15, 0.2) is 0 Å². The van der Waals surface area contributed by atoms with Gasteiger partial charge in [0.25, 0.3) is 0 Å². The van der Waals surface area contributed by atoms with Crippen LogP contribution < -0.4 is 5.32 Å². The molecule has 2 unspecified atom stereocenters. The summed E-state index contributed by atoms with van der Waals surface area (Å²) in [6, 6.07) is 2.41. The van der Waals surface area contributed by atoms with Crippen molar-refractivity contribution in [3.8, 4) is 0 Å². The molecule has 0 bridgehead atoms. The van der Waals surface area contributed by atoms with E-state index in [1.807, 2.05) is 0 Å². The molecular formula is C15H19ClF3NO4. The number of alkyl halides is 3. The molecule has 2 atom stereocenters. The molecule has 0 aliphatic rings. The zero-order chi connectivity index (χ0) is 18.7. The third kappa shape index (κ3) is 6.18. The number of rotatable bonds is 4. The van der Waals surface area contributed by atoms with E-state index in [-0.39, 0.29) is 10.6 Å². The fourth-order valence-corrected chi connectivity index (χ4v) is 2.00. The molecule has 9 heteroatoms. The molecule has 1 aromatic carbocycles. The minimum absolute atomic E-state index is 0.133. The second kappa shape index (κ2) is 7.58. The highest BCUT2D eigenvalue weighted by Gasteiger charge is 2.32. The number of hydrogen-bond donors (Lipinski definition) is 3. The Bertz CT molecular complexity index is 587. The molecule has 0 heterocycles. The van der Waals surface area contributed by atoms with Crippen LogP contribution in [0.2, 0.25) is 5.02 Å². The Kier molecular flexibility index (Phi) is 6.49. The van der Waals surface area contributed by atoms with Gasteiger partial charge in [-0.25, -0.2) is 4.79 Å². The minimum atomic E-state index is -4.61. The molecule has 0 radical (unpaired) electrons. The Morgan fingerprint density at radius 2 is 1.88 bits per heavy atom. The summed E-state index contributed by atoms with van der Waals surface area (Å²) in [7, 11) is 0. The molecular weight excluding hydrogens is 351 g/mol. The lowest BCUT2D eigenvalue weighted by Gasteiger charge is -2.23. The van der Waals surface area contributed by atoms with Crippen molar-refractivity contribution in [2.45, 2.75) is 44.8 Å². The SMILES string of the molecule is CC(C)(C)OC(=O)NCC(O)C(O)c1cc(C(F)(F)F)ccc1Cl. The van der Waals surface area contributed by atoms with E-state index >= 15 is 0 Å². The molecule has 0 saturated heterocycles. The van der Waals surface area contributed by atoms with E-state index in [9.17, 15) is 28.2 Å². The Balaban J connectivity index is 2.79. The fraction of sp³-hybridized carbons (Fsp3) is 0.533. The third-order valence-electron chi connectivity index (χ3n) is 2.86. The summed E-state index contributed by atoms with van der Waals surface area (Å²) in [5, 5.41) is 22.0. The third-order valence-corrected chi connectivity index (χ3v) is 3.21. The van der Waals surface area contributed by atoms with Crippen LogP contribution >= 0.6 is 11.6 Å². The van der Waals surface area contributed by atoms with Gasteiger partial charge in [-0.1, -0.05) is 11.6 Å². The molecule has 0 spiro atoms. The average molecular weight is 370 g/mol. The van der Waals surface area contributed by atoms with Crippen molar-refractivity contribution < 1.29 is 32.9 Å². The molecule has 3 N–H and O–H groups in total. The zero-order valence-electron chi connectivity index (χ0n) is 13.3. The number of ether oxygens (including phenoxy) is 1. The Hall–Kier alpha value is -1.51. The minimum Gasteiger partial charge on any atom is -0.444 e. The molecule has 1 aromatic rings. The lowest BCUT2D eigenvalue weighted by molar-refractivity contribution is -0.137. The normalized spacial score (nSPS) is 14.9. The second-order valence-electron chi connectivity index (χ2n) is 6.13. The van der Waals surface area contributed by atoms with Crippen molar-refractivity contribution in [2.75, 3.05) is 6.54 Å². The van der Waals surface area contributed by atoms with Crippen molar-refractivity contribution in [1.82, 2.24) is 5.32 Å². The summed E-state index contributed by atoms with van der Waals surface area (Å²) in [6.07, 6.45) is -8.73. The van der Waals surface area contributed by atoms with E-state index in [2.05, 4.69) is 5.32 Å². The van der Waals surface area contributed by atoms with E-state index in [0.29, 0.717) is 6.07 Å². The molecule has 0 aliphatic carbocycles. The van der Waals surface area contributed by atoms with Gasteiger partial charge in [0.2, 0.25) is 0 Å². The summed E-state index contributed by atoms with van der Waals surface area (Å²) in [5.74, 6) is 0. The van der Waals surface area contributed by atoms with E-state index < -0.39 is 42.2 Å². The van der Waals surface area contributed by atoms with Gasteiger partial charge in [0.1, 0.15) is 17.8 Å². The van der Waals surface area contributed by atoms with Crippen LogP contribution in [0.5, 0.6) is 0 Å². The van der Waals surface area contributed by atoms with E-state index in [1.54, 1.807) is 20.8 Å². The first-order valence-electron chi connectivity index (χ1n) is 7.01. The van der Waals surface area contributed by atoms with E-state index in [4.69, 9.17) is 16.3 Å². The van der Waals surface area contributed by atoms with Crippen LogP contribution in [0.15, 0.2) is 18.2 Å². The van der Waals surface area contributed by atoms with Crippen molar-refractivity contribution in [1.29, 1.82) is 0 Å². The number of benzene rings is 1. The molecule has 0 aliphatic heterocycles. The maximum atomic E-state index is 12.7. The topological polar surface area (TPSA) is 78.8 Å². The first-order valence-corrected chi connectivity index (χ1v) is 7.38. The van der Waals surface area contributed by atoms with Crippen molar-refractivity contribution in [3.05, 3.63) is 34.3 Å². The largest absolute Gasteiger partial charge is 0.444 e. The van der Waals surface area contributed by atoms with Gasteiger partial charge in [0, 0.05) is 17.1 Å². The van der Waals surface area contributed by atoms with Crippen LogP contribution in [0.3, 0.4) is 0 Å². The second-order valence-corrected chi connectivity index (χ2v) is 6.54. The number of aliphatic hydroxyl groups excluding tert-OH is 2. The maximum absolute atomic E-state index is 12.7. The predicted molar refractivity (Wildman–Crippen MR) is 81.7 cm³/mol. The first kappa shape index (κ1) is 20.5. The monoisotopic (exact) mass is 369 g/mol. The summed E-state index contributed by atoms with van der Waals surface area (Å²) < 4.78 is 43.1. The standard InChI is InChI=1S/C15H19ClF3NO4/c1-14(2,3)24-13(23)20-7-11(21)12(22)9-6-8(15(17,18)19)4-5-10(9)16/h4-6,11-12,21-22H,7H2,1-3H3,(H,20,23). The zero-order valence-corrected chi connectivity index (χ0v) is 14.1. The number of carbonyl (C=O) groups is 1. The van der Waals surface area contributed by atoms with Gasteiger partial charge in [-0.05, 0) is 39.0 Å². The number of carbonyl (C=O) groups excluding carboxylic acids is 1. The van der Waals surface area contributed by atoms with E-state index in [0.717, 1.165) is 12.1 Å². The number of hydrogen-bond acceptors (Lipinski definition) is 4. The van der Waals surface area contributed by atoms with Gasteiger partial charge in [-0.2, -0.15) is 13.2 Å². The highest BCUT2D eigenvalue weighted by molar-refractivity contribution is 6.31. The van der Waals surface area contributed by atoms with Gasteiger partial charge in [-0.15, -0.1) is 0 Å². The highest BCUT2D eigenvalue weighted by Crippen LogP contribution is 2.34. The van der Waals surface area contributed by atoms with Crippen molar-refractivity contribution >= 4 is 17.7 Å². The van der Waals surface area contributed by atoms with Crippen LogP contribution in [-0.4, -0.2) is 34.6 Å². The highest BCUT2D eigenvalue weighted by atomic mass is 35.5. The Morgan fingerprint density at radius 1 is 1.29 bits per heavy atom. The summed E-state index contributed by atoms with van der Waals surface area (Å²) in [4.78, 5) is 11.5. The van der Waals surface area contributed by atoms with Crippen molar-refractivity contribution in [3.63, 3.8) is 0 Å². The summed E-state index contributed by atoms with van der Waals surface area (Å²) >= 11 is 5.78. The molecule has 24 heavy (non-hydrogen) atoms. The summed E-state index contributed by atoms with van der Waals surface area (Å²) in [6.45, 7) is 4.49. The lowest BCUT2D eigenvalue weighted by Crippen LogP contribution is -2.39. The van der Waals surface area contributed by atoms with Crippen LogP contribution in [0, 0.1) is 0 Å². The fourth-order valence-electron chi connectivity index (χ4n) is 1.77. The number of alkyl carbamates (subject to hydrolysis) is 1. The molecule has 1 amide bonds. The quantitative estimate of drug-likeness (QED) is 0.761. The molecule has 0 fully saturated rings. The molecule has 136 valence electrons. The predicted octanol–water partition coefficient (Wildman–Crippen LogP) is 3.28. The Labute approximate surface area is 142 Å². The van der Waals surface area contributed by atoms with Crippen LogP contribution in [0.4, 0.5) is 18.0 Å². The molecule has 5 nitrogen and oxygen atoms in total. The molecule has 1 rings (SSSR count). The number of halogens is 4. The summed E-state index contributed by atoms with van der Waals surface area (Å²) in [5.41, 5.74) is -2.05. The van der Waals surface area contributed by atoms with Crippen LogP contribution in [0.25, 0.3) is 0 Å². The number of amides is 1. The maximum Gasteiger partial charge on any atom is 0.416 e. The molecule has 0 aromatic heterocycles. The van der Waals surface area contributed by atoms with Crippen molar-refractivity contribution in [2.24, 2.45) is 0 Å². The lowest BCUT2D eigenvalue weighted by atomic mass is 10.0. The van der Waals surface area contributed by atoms with Gasteiger partial charge in [-0.3, -0.25) is 0 Å². The van der Waals surface area contributed by atoms with E-state index in [1.165, 1.54) is 0 Å². The number of aliphatic hydroxyl groups is 2. The van der Waals surface area contributed by atoms with Crippen LogP contribution in [-0.2, 0) is 10.9 Å². The number of nitrogens with one attached hydrogen (secondary N) is 1.